The molecule has 5 heteroatoms. The van der Waals surface area contributed by atoms with Gasteiger partial charge in [-0.3, -0.25) is 9.59 Å². The van der Waals surface area contributed by atoms with Gasteiger partial charge in [-0.2, -0.15) is 0 Å². The molecule has 0 heterocycles. The predicted molar refractivity (Wildman–Crippen MR) is 109 cm³/mol. The van der Waals surface area contributed by atoms with Crippen LogP contribution in [-0.4, -0.2) is 18.4 Å². The number of anilines is 1. The number of halogens is 1. The molecule has 4 nitrogen and oxygen atoms in total. The number of carbonyl (C=O) groups excluding carboxylic acids is 2. The maximum atomic E-state index is 12.8. The fraction of sp³-hybridized carbons (Fsp3) is 0.364. The van der Waals surface area contributed by atoms with E-state index in [4.69, 9.17) is 11.6 Å². The number of amides is 2. The van der Waals surface area contributed by atoms with E-state index < -0.39 is 5.41 Å². The summed E-state index contributed by atoms with van der Waals surface area (Å²) in [6.45, 7) is 2.58. The highest BCUT2D eigenvalue weighted by Gasteiger charge is 2.40. The smallest absolute Gasteiger partial charge is 0.255 e. The Bertz CT molecular complexity index is 811. The van der Waals surface area contributed by atoms with E-state index >= 15 is 0 Å². The van der Waals surface area contributed by atoms with Crippen LogP contribution in [0.15, 0.2) is 48.5 Å². The Morgan fingerprint density at radius 2 is 1.74 bits per heavy atom. The molecule has 0 aromatic heterocycles. The van der Waals surface area contributed by atoms with Crippen LogP contribution < -0.4 is 10.6 Å². The van der Waals surface area contributed by atoms with E-state index in [1.807, 2.05) is 31.2 Å². The van der Waals surface area contributed by atoms with Crippen molar-refractivity contribution in [2.75, 3.05) is 11.9 Å². The van der Waals surface area contributed by atoms with Crippen LogP contribution in [0.5, 0.6) is 0 Å². The normalized spacial score (nSPS) is 15.8. The summed E-state index contributed by atoms with van der Waals surface area (Å²) >= 11 is 5.95. The largest absolute Gasteiger partial charge is 0.356 e. The molecule has 0 atom stereocenters. The molecule has 0 bridgehead atoms. The topological polar surface area (TPSA) is 58.2 Å². The molecule has 2 N–H and O–H groups in total. The highest BCUT2D eigenvalue weighted by Crippen LogP contribution is 2.40. The monoisotopic (exact) mass is 384 g/mol. The highest BCUT2D eigenvalue weighted by atomic mass is 35.5. The molecule has 1 aliphatic carbocycles. The Morgan fingerprint density at radius 3 is 2.37 bits per heavy atom. The molecule has 0 radical (unpaired) electrons. The molecule has 2 aromatic carbocycles. The molecule has 1 fully saturated rings. The second-order valence-corrected chi connectivity index (χ2v) is 7.48. The van der Waals surface area contributed by atoms with E-state index in [1.165, 1.54) is 6.42 Å². The van der Waals surface area contributed by atoms with E-state index in [1.54, 1.807) is 24.3 Å². The summed E-state index contributed by atoms with van der Waals surface area (Å²) < 4.78 is 0. The Kier molecular flexibility index (Phi) is 6.17. The molecule has 27 heavy (non-hydrogen) atoms. The van der Waals surface area contributed by atoms with Crippen molar-refractivity contribution in [3.63, 3.8) is 0 Å². The quantitative estimate of drug-likeness (QED) is 0.767. The first-order valence-electron chi connectivity index (χ1n) is 9.51. The number of likely N-dealkylation sites (N-methyl/N-ethyl adjacent to an activating group) is 1. The summed E-state index contributed by atoms with van der Waals surface area (Å²) in [6, 6.07) is 14.5. The minimum atomic E-state index is -0.455. The molecule has 1 aliphatic rings. The lowest BCUT2D eigenvalue weighted by Gasteiger charge is -2.36. The Hall–Kier alpha value is -2.33. The number of nitrogens with one attached hydrogen (secondary N) is 2. The number of hydrogen-bond acceptors (Lipinski definition) is 2. The number of benzene rings is 2. The zero-order valence-electron chi connectivity index (χ0n) is 15.6. The minimum Gasteiger partial charge on any atom is -0.356 e. The SMILES string of the molecule is CCNC(=O)C1(c2ccc(NC(=O)c3cccc(Cl)c3)cc2)CCCCC1. The van der Waals surface area contributed by atoms with Crippen molar-refractivity contribution in [2.45, 2.75) is 44.4 Å². The maximum absolute atomic E-state index is 12.8. The van der Waals surface area contributed by atoms with Gasteiger partial charge >= 0.3 is 0 Å². The van der Waals surface area contributed by atoms with Crippen LogP contribution in [0.2, 0.25) is 5.02 Å². The van der Waals surface area contributed by atoms with Gasteiger partial charge in [-0.1, -0.05) is 49.1 Å². The van der Waals surface area contributed by atoms with Gasteiger partial charge in [0.15, 0.2) is 0 Å². The molecule has 1 saturated carbocycles. The van der Waals surface area contributed by atoms with Crippen molar-refractivity contribution >= 4 is 29.1 Å². The van der Waals surface area contributed by atoms with Gasteiger partial charge in [0.1, 0.15) is 0 Å². The van der Waals surface area contributed by atoms with E-state index in [0.29, 0.717) is 22.8 Å². The fourth-order valence-electron chi connectivity index (χ4n) is 3.84. The average molecular weight is 385 g/mol. The van der Waals surface area contributed by atoms with Crippen molar-refractivity contribution in [1.82, 2.24) is 5.32 Å². The van der Waals surface area contributed by atoms with Crippen LogP contribution in [0.3, 0.4) is 0 Å². The molecule has 2 aromatic rings. The molecule has 0 saturated heterocycles. The van der Waals surface area contributed by atoms with Gasteiger partial charge in [0, 0.05) is 22.8 Å². The van der Waals surface area contributed by atoms with Crippen molar-refractivity contribution in [3.8, 4) is 0 Å². The first-order chi connectivity index (χ1) is 13.0. The van der Waals surface area contributed by atoms with Crippen LogP contribution in [0.1, 0.15) is 54.9 Å². The van der Waals surface area contributed by atoms with Crippen LogP contribution in [0, 0.1) is 0 Å². The predicted octanol–water partition coefficient (Wildman–Crippen LogP) is 4.93. The van der Waals surface area contributed by atoms with Crippen molar-refractivity contribution in [1.29, 1.82) is 0 Å². The summed E-state index contributed by atoms with van der Waals surface area (Å²) in [5.41, 5.74) is 1.78. The third-order valence-corrected chi connectivity index (χ3v) is 5.50. The summed E-state index contributed by atoms with van der Waals surface area (Å²) in [6.07, 6.45) is 5.03. The Labute approximate surface area is 165 Å². The third-order valence-electron chi connectivity index (χ3n) is 5.26. The molecule has 3 rings (SSSR count). The number of hydrogen-bond donors (Lipinski definition) is 2. The number of rotatable bonds is 5. The van der Waals surface area contributed by atoms with Crippen LogP contribution in [-0.2, 0) is 10.2 Å². The Balaban J connectivity index is 1.79. The van der Waals surface area contributed by atoms with Gasteiger partial charge in [0.05, 0.1) is 5.41 Å². The molecular weight excluding hydrogens is 360 g/mol. The molecule has 2 amide bonds. The minimum absolute atomic E-state index is 0.111. The fourth-order valence-corrected chi connectivity index (χ4v) is 4.03. The lowest BCUT2D eigenvalue weighted by Crippen LogP contribution is -2.45. The van der Waals surface area contributed by atoms with Crippen molar-refractivity contribution < 1.29 is 9.59 Å². The molecular formula is C22H25ClN2O2. The van der Waals surface area contributed by atoms with E-state index in [0.717, 1.165) is 31.2 Å². The van der Waals surface area contributed by atoms with Gasteiger partial charge < -0.3 is 10.6 Å². The van der Waals surface area contributed by atoms with E-state index in [-0.39, 0.29) is 11.8 Å². The van der Waals surface area contributed by atoms with Gasteiger partial charge in [-0.05, 0) is 55.7 Å². The average Bonchev–Trinajstić information content (AvgIpc) is 2.69. The molecule has 0 spiro atoms. The summed E-state index contributed by atoms with van der Waals surface area (Å²) in [4.78, 5) is 25.2. The van der Waals surface area contributed by atoms with Gasteiger partial charge in [-0.15, -0.1) is 0 Å². The van der Waals surface area contributed by atoms with Crippen LogP contribution in [0.4, 0.5) is 5.69 Å². The Morgan fingerprint density at radius 1 is 1.04 bits per heavy atom. The van der Waals surface area contributed by atoms with Crippen molar-refractivity contribution in [2.24, 2.45) is 0 Å². The third kappa shape index (κ3) is 4.33. The summed E-state index contributed by atoms with van der Waals surface area (Å²) in [5.74, 6) is -0.0956. The van der Waals surface area contributed by atoms with Gasteiger partial charge in [-0.25, -0.2) is 0 Å². The second-order valence-electron chi connectivity index (χ2n) is 7.04. The van der Waals surface area contributed by atoms with Gasteiger partial charge in [0.25, 0.3) is 5.91 Å². The molecule has 0 unspecified atom stereocenters. The lowest BCUT2D eigenvalue weighted by atomic mass is 9.68. The molecule has 0 aliphatic heterocycles. The number of carbonyl (C=O) groups is 2. The molecule has 142 valence electrons. The van der Waals surface area contributed by atoms with Crippen LogP contribution >= 0.6 is 11.6 Å². The van der Waals surface area contributed by atoms with Crippen molar-refractivity contribution in [3.05, 3.63) is 64.7 Å². The van der Waals surface area contributed by atoms with E-state index in [2.05, 4.69) is 10.6 Å². The summed E-state index contributed by atoms with van der Waals surface area (Å²) in [5, 5.41) is 6.42. The standard InChI is InChI=1S/C22H25ClN2O2/c1-2-24-21(27)22(13-4-3-5-14-22)17-9-11-19(12-10-17)25-20(26)16-7-6-8-18(23)15-16/h6-12,15H,2-5,13-14H2,1H3,(H,24,27)(H,25,26). The first kappa shape index (κ1) is 19.4. The lowest BCUT2D eigenvalue weighted by molar-refractivity contribution is -0.128. The first-order valence-corrected chi connectivity index (χ1v) is 9.89. The second kappa shape index (κ2) is 8.57. The zero-order chi connectivity index (χ0) is 19.3. The summed E-state index contributed by atoms with van der Waals surface area (Å²) in [7, 11) is 0. The van der Waals surface area contributed by atoms with E-state index in [9.17, 15) is 9.59 Å². The maximum Gasteiger partial charge on any atom is 0.255 e. The highest BCUT2D eigenvalue weighted by molar-refractivity contribution is 6.31. The van der Waals surface area contributed by atoms with Crippen LogP contribution in [0.25, 0.3) is 0 Å². The zero-order valence-corrected chi connectivity index (χ0v) is 16.3. The van der Waals surface area contributed by atoms with Gasteiger partial charge in [0.2, 0.25) is 5.91 Å².